The predicted molar refractivity (Wildman–Crippen MR) is 47.7 cm³/mol. The summed E-state index contributed by atoms with van der Waals surface area (Å²) in [5, 5.41) is 8.50. The zero-order valence-electron chi connectivity index (χ0n) is 8.84. The zero-order chi connectivity index (χ0) is 14.8. The number of aromatic carboxylic acids is 1. The molecule has 1 aromatic rings. The average Bonchev–Trinajstić information content (AvgIpc) is 2.23. The number of carboxylic acids is 1. The van der Waals surface area contributed by atoms with E-state index in [0.717, 1.165) is 0 Å². The minimum Gasteiger partial charge on any atom is -0.478 e. The molecule has 0 radical (unpaired) electrons. The van der Waals surface area contributed by atoms with Gasteiger partial charge in [-0.15, -0.1) is 0 Å². The minimum absolute atomic E-state index is 0.154. The highest BCUT2D eigenvalue weighted by atomic mass is 19.4. The first-order valence-electron chi connectivity index (χ1n) is 4.51. The van der Waals surface area contributed by atoms with Crippen LogP contribution in [0.1, 0.15) is 15.9 Å². The summed E-state index contributed by atoms with van der Waals surface area (Å²) < 4.78 is 77.0. The molecule has 0 aromatic carbocycles. The van der Waals surface area contributed by atoms with E-state index >= 15 is 0 Å². The van der Waals surface area contributed by atoms with Crippen molar-refractivity contribution in [2.45, 2.75) is 12.4 Å². The van der Waals surface area contributed by atoms with Crippen molar-refractivity contribution in [3.63, 3.8) is 0 Å². The molecule has 10 heteroatoms. The summed E-state index contributed by atoms with van der Waals surface area (Å²) in [6.07, 6.45) is -9.45. The first kappa shape index (κ1) is 15.1. The fourth-order valence-electron chi connectivity index (χ4n) is 1.04. The molecule has 1 N–H and O–H groups in total. The number of hydrogen-bond acceptors (Lipinski definition) is 3. The van der Waals surface area contributed by atoms with Gasteiger partial charge in [-0.05, 0) is 6.07 Å². The summed E-state index contributed by atoms with van der Waals surface area (Å²) in [5.41, 5.74) is -2.50. The maximum Gasteiger partial charge on any atom is 0.422 e. The maximum atomic E-state index is 12.5. The summed E-state index contributed by atoms with van der Waals surface area (Å²) in [6.45, 7) is -1.96. The molecule has 0 spiro atoms. The van der Waals surface area contributed by atoms with Crippen LogP contribution in [0.5, 0.6) is 5.88 Å². The molecule has 0 aliphatic carbocycles. The number of carbonyl (C=O) groups is 1. The number of hydrogen-bond donors (Lipinski definition) is 1. The number of nitrogens with zero attached hydrogens (tertiary/aromatic N) is 1. The molecule has 4 nitrogen and oxygen atoms in total. The number of halogens is 6. The van der Waals surface area contributed by atoms with Crippen LogP contribution in [0.3, 0.4) is 0 Å². The summed E-state index contributed by atoms with van der Waals surface area (Å²) >= 11 is 0. The first-order chi connectivity index (χ1) is 8.50. The van der Waals surface area contributed by atoms with Crippen molar-refractivity contribution in [3.05, 3.63) is 23.4 Å². The molecule has 0 aliphatic rings. The van der Waals surface area contributed by atoms with Crippen molar-refractivity contribution >= 4 is 5.97 Å². The molecule has 0 bridgehead atoms. The van der Waals surface area contributed by atoms with Crippen LogP contribution < -0.4 is 4.74 Å². The number of carboxylic acid groups (broad SMARTS) is 1. The molecule has 0 saturated heterocycles. The van der Waals surface area contributed by atoms with Gasteiger partial charge >= 0.3 is 18.3 Å². The van der Waals surface area contributed by atoms with Gasteiger partial charge in [0.25, 0.3) is 0 Å². The van der Waals surface area contributed by atoms with Gasteiger partial charge in [-0.3, -0.25) is 0 Å². The van der Waals surface area contributed by atoms with E-state index < -0.39 is 41.9 Å². The summed E-state index contributed by atoms with van der Waals surface area (Å²) in [7, 11) is 0. The van der Waals surface area contributed by atoms with Crippen LogP contribution in [0, 0.1) is 0 Å². The average molecular weight is 289 g/mol. The Labute approximate surface area is 101 Å². The van der Waals surface area contributed by atoms with E-state index in [9.17, 15) is 31.1 Å². The normalized spacial score (nSPS) is 12.3. The lowest BCUT2D eigenvalue weighted by atomic mass is 10.2. The third-order valence-corrected chi connectivity index (χ3v) is 1.78. The van der Waals surface area contributed by atoms with Crippen molar-refractivity contribution in [1.29, 1.82) is 0 Å². The van der Waals surface area contributed by atoms with Crippen molar-refractivity contribution in [1.82, 2.24) is 4.98 Å². The van der Waals surface area contributed by atoms with Crippen LogP contribution in [-0.4, -0.2) is 28.8 Å². The smallest absolute Gasteiger partial charge is 0.422 e. The van der Waals surface area contributed by atoms with E-state index in [-0.39, 0.29) is 6.07 Å². The molecule has 0 fully saturated rings. The monoisotopic (exact) mass is 289 g/mol. The van der Waals surface area contributed by atoms with E-state index in [0.29, 0.717) is 6.20 Å². The lowest BCUT2D eigenvalue weighted by Crippen LogP contribution is -2.21. The van der Waals surface area contributed by atoms with Crippen LogP contribution in [0.25, 0.3) is 0 Å². The van der Waals surface area contributed by atoms with Gasteiger partial charge in [0.15, 0.2) is 6.61 Å². The van der Waals surface area contributed by atoms with Crippen molar-refractivity contribution in [2.75, 3.05) is 6.61 Å². The fourth-order valence-corrected chi connectivity index (χ4v) is 1.04. The predicted octanol–water partition coefficient (Wildman–Crippen LogP) is 2.74. The van der Waals surface area contributed by atoms with E-state index in [2.05, 4.69) is 9.72 Å². The topological polar surface area (TPSA) is 59.4 Å². The SMILES string of the molecule is O=C(O)c1cnc(OCC(F)(F)F)c(C(F)(F)F)c1. The van der Waals surface area contributed by atoms with Gasteiger partial charge < -0.3 is 9.84 Å². The van der Waals surface area contributed by atoms with Crippen molar-refractivity contribution in [3.8, 4) is 5.88 Å². The second kappa shape index (κ2) is 4.94. The molecular formula is C9H5F6NO3. The van der Waals surface area contributed by atoms with Gasteiger partial charge in [-0.1, -0.05) is 0 Å². The lowest BCUT2D eigenvalue weighted by Gasteiger charge is -2.14. The second-order valence-corrected chi connectivity index (χ2v) is 3.28. The van der Waals surface area contributed by atoms with Crippen LogP contribution in [0.4, 0.5) is 26.3 Å². The van der Waals surface area contributed by atoms with Crippen LogP contribution in [0.2, 0.25) is 0 Å². The molecule has 0 saturated carbocycles. The number of pyridine rings is 1. The molecule has 1 aromatic heterocycles. The third kappa shape index (κ3) is 4.30. The quantitative estimate of drug-likeness (QED) is 0.869. The Balaban J connectivity index is 3.13. The molecule has 19 heavy (non-hydrogen) atoms. The molecule has 1 heterocycles. The van der Waals surface area contributed by atoms with E-state index in [4.69, 9.17) is 5.11 Å². The number of rotatable bonds is 3. The summed E-state index contributed by atoms with van der Waals surface area (Å²) in [6, 6.07) is 0.154. The Morgan fingerprint density at radius 1 is 1.26 bits per heavy atom. The van der Waals surface area contributed by atoms with Gasteiger partial charge in [0.2, 0.25) is 5.88 Å². The maximum absolute atomic E-state index is 12.5. The Morgan fingerprint density at radius 2 is 1.84 bits per heavy atom. The van der Waals surface area contributed by atoms with E-state index in [1.165, 1.54) is 0 Å². The Morgan fingerprint density at radius 3 is 2.26 bits per heavy atom. The van der Waals surface area contributed by atoms with Crippen molar-refractivity contribution < 1.29 is 41.0 Å². The largest absolute Gasteiger partial charge is 0.478 e. The molecule has 0 aliphatic heterocycles. The first-order valence-corrected chi connectivity index (χ1v) is 4.51. The van der Waals surface area contributed by atoms with Crippen LogP contribution in [-0.2, 0) is 6.18 Å². The lowest BCUT2D eigenvalue weighted by molar-refractivity contribution is -0.159. The fraction of sp³-hybridized carbons (Fsp3) is 0.333. The van der Waals surface area contributed by atoms with Gasteiger partial charge in [0.05, 0.1) is 5.56 Å². The zero-order valence-corrected chi connectivity index (χ0v) is 8.84. The highest BCUT2D eigenvalue weighted by Gasteiger charge is 2.38. The molecule has 0 unspecified atom stereocenters. The molecule has 0 atom stereocenters. The number of aromatic nitrogens is 1. The van der Waals surface area contributed by atoms with Gasteiger partial charge in [-0.25, -0.2) is 9.78 Å². The van der Waals surface area contributed by atoms with Gasteiger partial charge in [-0.2, -0.15) is 26.3 Å². The van der Waals surface area contributed by atoms with E-state index in [1.54, 1.807) is 0 Å². The summed E-state index contributed by atoms with van der Waals surface area (Å²) in [4.78, 5) is 13.4. The van der Waals surface area contributed by atoms with Gasteiger partial charge in [0, 0.05) is 6.20 Å². The third-order valence-electron chi connectivity index (χ3n) is 1.78. The minimum atomic E-state index is -5.08. The van der Waals surface area contributed by atoms with Crippen molar-refractivity contribution in [2.24, 2.45) is 0 Å². The summed E-state index contributed by atoms with van der Waals surface area (Å²) in [5.74, 6) is -3.02. The standard InChI is InChI=1S/C9H5F6NO3/c10-8(11,12)3-19-6-5(9(13,14)15)1-4(2-16-6)7(17)18/h1-2H,3H2,(H,17,18). The highest BCUT2D eigenvalue weighted by Crippen LogP contribution is 2.36. The molecular weight excluding hydrogens is 284 g/mol. The Kier molecular flexibility index (Phi) is 3.91. The van der Waals surface area contributed by atoms with Crippen LogP contribution in [0.15, 0.2) is 12.3 Å². The molecule has 106 valence electrons. The highest BCUT2D eigenvalue weighted by molar-refractivity contribution is 5.87. The van der Waals surface area contributed by atoms with Crippen LogP contribution >= 0.6 is 0 Å². The number of ether oxygens (including phenoxy) is 1. The number of alkyl halides is 6. The van der Waals surface area contributed by atoms with Gasteiger partial charge in [0.1, 0.15) is 5.56 Å². The molecule has 0 amide bonds. The van der Waals surface area contributed by atoms with E-state index in [1.807, 2.05) is 0 Å². The second-order valence-electron chi connectivity index (χ2n) is 3.28. The Hall–Kier alpha value is -2.00. The molecule has 1 rings (SSSR count). The Bertz CT molecular complexity index is 482.